The van der Waals surface area contributed by atoms with Crippen LogP contribution in [0.2, 0.25) is 0 Å². The molecule has 27 heavy (non-hydrogen) atoms. The van der Waals surface area contributed by atoms with Crippen molar-refractivity contribution < 1.29 is 18.8 Å². The number of carbonyl (C=O) groups is 3. The van der Waals surface area contributed by atoms with Crippen molar-refractivity contribution in [3.63, 3.8) is 0 Å². The van der Waals surface area contributed by atoms with Gasteiger partial charge in [0.15, 0.2) is 0 Å². The summed E-state index contributed by atoms with van der Waals surface area (Å²) in [5.41, 5.74) is 0.417. The lowest BCUT2D eigenvalue weighted by Gasteiger charge is -2.21. The Balaban J connectivity index is 1.70. The van der Waals surface area contributed by atoms with Gasteiger partial charge < -0.3 is 5.32 Å². The second kappa shape index (κ2) is 7.60. The fourth-order valence-corrected chi connectivity index (χ4v) is 3.45. The van der Waals surface area contributed by atoms with Gasteiger partial charge in [-0.1, -0.05) is 36.4 Å². The van der Waals surface area contributed by atoms with E-state index in [9.17, 15) is 18.8 Å². The molecule has 1 aliphatic heterocycles. The van der Waals surface area contributed by atoms with Crippen LogP contribution in [-0.2, 0) is 22.4 Å². The van der Waals surface area contributed by atoms with Crippen LogP contribution in [0.25, 0.3) is 0 Å². The summed E-state index contributed by atoms with van der Waals surface area (Å²) in [6.07, 6.45) is 0.802. The van der Waals surface area contributed by atoms with Gasteiger partial charge in [-0.2, -0.15) is 4.90 Å². The fraction of sp³-hybridized carbons (Fsp3) is 0.250. The van der Waals surface area contributed by atoms with E-state index in [1.807, 2.05) is 30.3 Å². The molecular formula is C20H18BrFN2O3. The van der Waals surface area contributed by atoms with Crippen LogP contribution in [-0.4, -0.2) is 28.3 Å². The minimum atomic E-state index is -1.13. The molecule has 5 nitrogen and oxygen atoms in total. The van der Waals surface area contributed by atoms with Gasteiger partial charge in [-0.15, -0.1) is 0 Å². The first-order chi connectivity index (χ1) is 12.8. The number of urea groups is 1. The maximum absolute atomic E-state index is 13.3. The number of benzene rings is 2. The number of aryl methyl sites for hydroxylation is 1. The van der Waals surface area contributed by atoms with Gasteiger partial charge in [0.05, 0.1) is 10.9 Å². The zero-order chi connectivity index (χ0) is 19.6. The molecule has 1 saturated heterocycles. The summed E-state index contributed by atoms with van der Waals surface area (Å²) in [6, 6.07) is 13.0. The number of imide groups is 3. The lowest BCUT2D eigenvalue weighted by atomic mass is 9.93. The second-order valence-corrected chi connectivity index (χ2v) is 7.56. The minimum Gasteiger partial charge on any atom is -0.323 e. The van der Waals surface area contributed by atoms with E-state index in [0.717, 1.165) is 5.56 Å². The Hall–Kier alpha value is -2.54. The van der Waals surface area contributed by atoms with Gasteiger partial charge in [0.1, 0.15) is 11.4 Å². The van der Waals surface area contributed by atoms with E-state index in [4.69, 9.17) is 0 Å². The monoisotopic (exact) mass is 432 g/mol. The minimum absolute atomic E-state index is 0.174. The van der Waals surface area contributed by atoms with E-state index >= 15 is 0 Å². The molecule has 0 aromatic heterocycles. The van der Waals surface area contributed by atoms with E-state index in [0.29, 0.717) is 23.3 Å². The molecule has 4 amide bonds. The quantitative estimate of drug-likeness (QED) is 0.733. The predicted molar refractivity (Wildman–Crippen MR) is 101 cm³/mol. The molecule has 2 aromatic carbocycles. The number of rotatable bonds is 5. The standard InChI is InChI=1S/C20H18BrFN2O3/c1-20(10-9-13-5-3-2-4-6-13)18(26)24(19(27)23-20)17(25)12-14-7-8-16(22)15(21)11-14/h2-8,11H,9-10,12H2,1H3,(H,23,27). The van der Waals surface area contributed by atoms with Gasteiger partial charge >= 0.3 is 6.03 Å². The first-order valence-corrected chi connectivity index (χ1v) is 9.27. The van der Waals surface area contributed by atoms with Crippen LogP contribution in [0.5, 0.6) is 0 Å². The molecule has 140 valence electrons. The molecule has 3 rings (SSSR count). The Labute approximate surface area is 164 Å². The van der Waals surface area contributed by atoms with Gasteiger partial charge in [-0.25, -0.2) is 9.18 Å². The number of nitrogens with zero attached hydrogens (tertiary/aromatic N) is 1. The first-order valence-electron chi connectivity index (χ1n) is 8.47. The van der Waals surface area contributed by atoms with E-state index < -0.39 is 29.2 Å². The lowest BCUT2D eigenvalue weighted by molar-refractivity contribution is -0.141. The van der Waals surface area contributed by atoms with Gasteiger partial charge in [-0.05, 0) is 59.0 Å². The molecule has 0 bridgehead atoms. The third-order valence-electron chi connectivity index (χ3n) is 4.61. The fourth-order valence-electron chi connectivity index (χ4n) is 3.02. The third-order valence-corrected chi connectivity index (χ3v) is 5.21. The van der Waals surface area contributed by atoms with Crippen LogP contribution in [0.3, 0.4) is 0 Å². The topological polar surface area (TPSA) is 66.5 Å². The maximum atomic E-state index is 13.3. The normalized spacial score (nSPS) is 19.3. The summed E-state index contributed by atoms with van der Waals surface area (Å²) < 4.78 is 13.5. The molecule has 7 heteroatoms. The highest BCUT2D eigenvalue weighted by molar-refractivity contribution is 9.10. The molecule has 1 aliphatic rings. The largest absolute Gasteiger partial charge is 0.331 e. The molecule has 1 N–H and O–H groups in total. The number of amides is 4. The van der Waals surface area contributed by atoms with Crippen molar-refractivity contribution in [2.75, 3.05) is 0 Å². The van der Waals surface area contributed by atoms with Gasteiger partial charge in [0.2, 0.25) is 5.91 Å². The smallest absolute Gasteiger partial charge is 0.323 e. The SMILES string of the molecule is CC1(CCc2ccccc2)NC(=O)N(C(=O)Cc2ccc(F)c(Br)c2)C1=O. The molecular weight excluding hydrogens is 415 g/mol. The molecule has 1 unspecified atom stereocenters. The van der Waals surface area contributed by atoms with Crippen LogP contribution in [0.4, 0.5) is 9.18 Å². The molecule has 0 radical (unpaired) electrons. The highest BCUT2D eigenvalue weighted by Crippen LogP contribution is 2.25. The van der Waals surface area contributed by atoms with Crippen LogP contribution in [0.1, 0.15) is 24.5 Å². The van der Waals surface area contributed by atoms with E-state index in [-0.39, 0.29) is 10.9 Å². The van der Waals surface area contributed by atoms with Crippen molar-refractivity contribution in [1.82, 2.24) is 10.2 Å². The van der Waals surface area contributed by atoms with Gasteiger partial charge in [0.25, 0.3) is 5.91 Å². The van der Waals surface area contributed by atoms with Crippen molar-refractivity contribution in [3.05, 3.63) is 69.9 Å². The zero-order valence-electron chi connectivity index (χ0n) is 14.7. The summed E-state index contributed by atoms with van der Waals surface area (Å²) in [6.45, 7) is 1.62. The number of nitrogens with one attached hydrogen (secondary N) is 1. The number of hydrogen-bond donors (Lipinski definition) is 1. The van der Waals surface area contributed by atoms with Crippen LogP contribution in [0, 0.1) is 5.82 Å². The Morgan fingerprint density at radius 2 is 1.85 bits per heavy atom. The number of carbonyl (C=O) groups excluding carboxylic acids is 3. The highest BCUT2D eigenvalue weighted by atomic mass is 79.9. The highest BCUT2D eigenvalue weighted by Gasteiger charge is 2.49. The van der Waals surface area contributed by atoms with E-state index in [2.05, 4.69) is 21.2 Å². The number of halogens is 2. The molecule has 0 aliphatic carbocycles. The van der Waals surface area contributed by atoms with Crippen LogP contribution in [0.15, 0.2) is 53.0 Å². The van der Waals surface area contributed by atoms with Gasteiger partial charge in [0, 0.05) is 0 Å². The van der Waals surface area contributed by atoms with E-state index in [1.165, 1.54) is 18.2 Å². The molecule has 1 atom stereocenters. The maximum Gasteiger partial charge on any atom is 0.331 e. The van der Waals surface area contributed by atoms with Crippen molar-refractivity contribution in [2.24, 2.45) is 0 Å². The predicted octanol–water partition coefficient (Wildman–Crippen LogP) is 3.60. The Morgan fingerprint density at radius 3 is 2.52 bits per heavy atom. The lowest BCUT2D eigenvalue weighted by Crippen LogP contribution is -2.45. The average Bonchev–Trinajstić information content (AvgIpc) is 2.86. The first kappa shape index (κ1) is 19.2. The summed E-state index contributed by atoms with van der Waals surface area (Å²) in [5.74, 6) is -1.65. The molecule has 1 heterocycles. The summed E-state index contributed by atoms with van der Waals surface area (Å²) in [4.78, 5) is 38.2. The van der Waals surface area contributed by atoms with E-state index in [1.54, 1.807) is 6.92 Å². The average molecular weight is 433 g/mol. The molecule has 2 aromatic rings. The zero-order valence-corrected chi connectivity index (χ0v) is 16.3. The molecule has 0 spiro atoms. The third kappa shape index (κ3) is 4.08. The Morgan fingerprint density at radius 1 is 1.15 bits per heavy atom. The van der Waals surface area contributed by atoms with Gasteiger partial charge in [-0.3, -0.25) is 9.59 Å². The second-order valence-electron chi connectivity index (χ2n) is 6.71. The number of hydrogen-bond acceptors (Lipinski definition) is 3. The van der Waals surface area contributed by atoms with Crippen molar-refractivity contribution in [3.8, 4) is 0 Å². The summed E-state index contributed by atoms with van der Waals surface area (Å²) >= 11 is 3.06. The van der Waals surface area contributed by atoms with Crippen molar-refractivity contribution in [2.45, 2.75) is 31.7 Å². The Kier molecular flexibility index (Phi) is 5.41. The van der Waals surface area contributed by atoms with Crippen molar-refractivity contribution in [1.29, 1.82) is 0 Å². The van der Waals surface area contributed by atoms with Crippen LogP contribution >= 0.6 is 15.9 Å². The summed E-state index contributed by atoms with van der Waals surface area (Å²) in [5, 5.41) is 2.63. The Bertz CT molecular complexity index is 903. The van der Waals surface area contributed by atoms with Crippen LogP contribution < -0.4 is 5.32 Å². The summed E-state index contributed by atoms with van der Waals surface area (Å²) in [7, 11) is 0. The van der Waals surface area contributed by atoms with Crippen molar-refractivity contribution >= 4 is 33.8 Å². The molecule has 1 fully saturated rings. The molecule has 0 saturated carbocycles.